The molecule has 0 heterocycles. The van der Waals surface area contributed by atoms with Gasteiger partial charge in [-0.1, -0.05) is 27.2 Å². The molecule has 6 heteroatoms. The summed E-state index contributed by atoms with van der Waals surface area (Å²) in [6.07, 6.45) is 0.974. The maximum atomic E-state index is 12.0. The Hall–Kier alpha value is -1.59. The van der Waals surface area contributed by atoms with Gasteiger partial charge in [0.2, 0.25) is 0 Å². The lowest BCUT2D eigenvalue weighted by Gasteiger charge is -2.23. The van der Waals surface area contributed by atoms with E-state index >= 15 is 0 Å². The van der Waals surface area contributed by atoms with Crippen LogP contribution in [0.5, 0.6) is 0 Å². The Labute approximate surface area is 140 Å². The van der Waals surface area contributed by atoms with E-state index in [9.17, 15) is 14.4 Å². The zero-order valence-corrected chi connectivity index (χ0v) is 15.8. The van der Waals surface area contributed by atoms with Crippen LogP contribution in [-0.4, -0.2) is 36.6 Å². The molecule has 0 radical (unpaired) electrons. The molecule has 2 atom stereocenters. The highest BCUT2D eigenvalue weighted by molar-refractivity contribution is 5.98. The van der Waals surface area contributed by atoms with Crippen LogP contribution in [0.4, 0.5) is 4.79 Å². The Bertz CT molecular complexity index is 374. The SMILES string of the molecule is CC.CCCC(CC(=O)C(C)C(=O)OC)NC(=O)OC(C)(C)C. The largest absolute Gasteiger partial charge is 0.468 e. The van der Waals surface area contributed by atoms with Crippen molar-refractivity contribution in [3.63, 3.8) is 0 Å². The third-order valence-corrected chi connectivity index (χ3v) is 2.84. The lowest BCUT2D eigenvalue weighted by atomic mass is 9.97. The Balaban J connectivity index is 0. The van der Waals surface area contributed by atoms with E-state index in [1.807, 2.05) is 20.8 Å². The molecule has 0 saturated heterocycles. The minimum atomic E-state index is -0.824. The van der Waals surface area contributed by atoms with Crippen LogP contribution in [-0.2, 0) is 19.1 Å². The second-order valence-electron chi connectivity index (χ2n) is 6.05. The highest BCUT2D eigenvalue weighted by Crippen LogP contribution is 2.12. The van der Waals surface area contributed by atoms with E-state index in [-0.39, 0.29) is 18.2 Å². The van der Waals surface area contributed by atoms with Crippen molar-refractivity contribution < 1.29 is 23.9 Å². The van der Waals surface area contributed by atoms with Gasteiger partial charge in [0.1, 0.15) is 17.3 Å². The molecule has 6 nitrogen and oxygen atoms in total. The van der Waals surface area contributed by atoms with Crippen LogP contribution in [0.3, 0.4) is 0 Å². The zero-order valence-electron chi connectivity index (χ0n) is 15.8. The molecule has 0 fully saturated rings. The lowest BCUT2D eigenvalue weighted by Crippen LogP contribution is -2.41. The first-order valence-electron chi connectivity index (χ1n) is 8.20. The number of rotatable bonds is 7. The molecular formula is C17H33NO5. The van der Waals surface area contributed by atoms with Gasteiger partial charge in [-0.2, -0.15) is 0 Å². The Kier molecular flexibility index (Phi) is 12.3. The monoisotopic (exact) mass is 331 g/mol. The molecule has 136 valence electrons. The number of carbonyl (C=O) groups is 3. The summed E-state index contributed by atoms with van der Waals surface area (Å²) >= 11 is 0. The number of esters is 1. The number of carbonyl (C=O) groups excluding carboxylic acids is 3. The highest BCUT2D eigenvalue weighted by atomic mass is 16.6. The minimum absolute atomic E-state index is 0.0867. The number of methoxy groups -OCH3 is 1. The smallest absolute Gasteiger partial charge is 0.407 e. The average Bonchev–Trinajstić information content (AvgIpc) is 2.45. The van der Waals surface area contributed by atoms with Crippen molar-refractivity contribution in [3.05, 3.63) is 0 Å². The Morgan fingerprint density at radius 2 is 1.65 bits per heavy atom. The number of alkyl carbamates (subject to hydrolysis) is 1. The van der Waals surface area contributed by atoms with Gasteiger partial charge in [0.25, 0.3) is 0 Å². The van der Waals surface area contributed by atoms with Gasteiger partial charge in [0, 0.05) is 12.5 Å². The number of ketones is 1. The molecule has 1 N–H and O–H groups in total. The number of amides is 1. The van der Waals surface area contributed by atoms with Crippen molar-refractivity contribution in [1.82, 2.24) is 5.32 Å². The fourth-order valence-electron chi connectivity index (χ4n) is 1.78. The van der Waals surface area contributed by atoms with Crippen LogP contribution in [0.15, 0.2) is 0 Å². The number of hydrogen-bond acceptors (Lipinski definition) is 5. The molecule has 0 saturated carbocycles. The van der Waals surface area contributed by atoms with Crippen molar-refractivity contribution in [3.8, 4) is 0 Å². The van der Waals surface area contributed by atoms with E-state index in [0.717, 1.165) is 6.42 Å². The third kappa shape index (κ3) is 11.6. The molecule has 0 bridgehead atoms. The molecule has 0 rings (SSSR count). The summed E-state index contributed by atoms with van der Waals surface area (Å²) in [4.78, 5) is 35.1. The van der Waals surface area contributed by atoms with Gasteiger partial charge in [0.05, 0.1) is 7.11 Å². The van der Waals surface area contributed by atoms with Gasteiger partial charge in [-0.25, -0.2) is 4.79 Å². The van der Waals surface area contributed by atoms with E-state index in [0.29, 0.717) is 6.42 Å². The number of hydrogen-bond donors (Lipinski definition) is 1. The van der Waals surface area contributed by atoms with Crippen molar-refractivity contribution in [2.45, 2.75) is 79.4 Å². The van der Waals surface area contributed by atoms with Gasteiger partial charge in [-0.15, -0.1) is 0 Å². The van der Waals surface area contributed by atoms with E-state index in [2.05, 4.69) is 10.1 Å². The van der Waals surface area contributed by atoms with Gasteiger partial charge in [-0.05, 0) is 34.1 Å². The lowest BCUT2D eigenvalue weighted by molar-refractivity contribution is -0.148. The minimum Gasteiger partial charge on any atom is -0.468 e. The quantitative estimate of drug-likeness (QED) is 0.570. The Morgan fingerprint density at radius 1 is 1.13 bits per heavy atom. The van der Waals surface area contributed by atoms with Crippen LogP contribution in [0.1, 0.15) is 67.7 Å². The predicted molar refractivity (Wildman–Crippen MR) is 90.2 cm³/mol. The van der Waals surface area contributed by atoms with Crippen molar-refractivity contribution >= 4 is 17.8 Å². The topological polar surface area (TPSA) is 81.7 Å². The second kappa shape index (κ2) is 11.9. The number of ether oxygens (including phenoxy) is 2. The van der Waals surface area contributed by atoms with Gasteiger partial charge >= 0.3 is 12.1 Å². The van der Waals surface area contributed by atoms with Crippen LogP contribution in [0, 0.1) is 5.92 Å². The molecule has 0 spiro atoms. The normalized spacial score (nSPS) is 13.0. The van der Waals surface area contributed by atoms with Crippen LogP contribution < -0.4 is 5.32 Å². The van der Waals surface area contributed by atoms with E-state index in [1.165, 1.54) is 14.0 Å². The molecule has 0 aromatic carbocycles. The molecule has 0 aliphatic carbocycles. The summed E-state index contributed by atoms with van der Waals surface area (Å²) in [5.74, 6) is -1.64. The van der Waals surface area contributed by atoms with E-state index < -0.39 is 23.6 Å². The van der Waals surface area contributed by atoms with Crippen molar-refractivity contribution in [2.24, 2.45) is 5.92 Å². The molecule has 0 aromatic heterocycles. The highest BCUT2D eigenvalue weighted by Gasteiger charge is 2.26. The fraction of sp³-hybridized carbons (Fsp3) is 0.824. The van der Waals surface area contributed by atoms with Crippen LogP contribution >= 0.6 is 0 Å². The van der Waals surface area contributed by atoms with Gasteiger partial charge in [-0.3, -0.25) is 9.59 Å². The Morgan fingerprint density at radius 3 is 2.04 bits per heavy atom. The molecule has 0 aromatic rings. The molecule has 2 unspecified atom stereocenters. The van der Waals surface area contributed by atoms with Crippen molar-refractivity contribution in [1.29, 1.82) is 0 Å². The third-order valence-electron chi connectivity index (χ3n) is 2.84. The maximum Gasteiger partial charge on any atom is 0.407 e. The summed E-state index contributed by atoms with van der Waals surface area (Å²) in [7, 11) is 1.24. The molecular weight excluding hydrogens is 298 g/mol. The summed E-state index contributed by atoms with van der Waals surface area (Å²) in [5.41, 5.74) is -0.593. The summed E-state index contributed by atoms with van der Waals surface area (Å²) in [5, 5.41) is 2.68. The fourth-order valence-corrected chi connectivity index (χ4v) is 1.78. The van der Waals surface area contributed by atoms with Gasteiger partial charge < -0.3 is 14.8 Å². The zero-order chi connectivity index (χ0) is 18.6. The second-order valence-corrected chi connectivity index (χ2v) is 6.05. The molecule has 0 aliphatic heterocycles. The van der Waals surface area contributed by atoms with E-state index in [1.54, 1.807) is 20.8 Å². The summed E-state index contributed by atoms with van der Waals surface area (Å²) in [6.45, 7) is 12.8. The van der Waals surface area contributed by atoms with Crippen LogP contribution in [0.2, 0.25) is 0 Å². The maximum absolute atomic E-state index is 12.0. The van der Waals surface area contributed by atoms with Gasteiger partial charge in [0.15, 0.2) is 0 Å². The summed E-state index contributed by atoms with van der Waals surface area (Å²) < 4.78 is 9.72. The first kappa shape index (κ1) is 23.7. The molecule has 23 heavy (non-hydrogen) atoms. The number of nitrogens with one attached hydrogen (secondary N) is 1. The summed E-state index contributed by atoms with van der Waals surface area (Å²) in [6, 6.07) is -0.343. The van der Waals surface area contributed by atoms with Crippen molar-refractivity contribution in [2.75, 3.05) is 7.11 Å². The standard InChI is InChI=1S/C15H27NO5.C2H6/c1-7-8-11(16-14(19)21-15(3,4)5)9-12(17)10(2)13(18)20-6;1-2/h10-11H,7-9H2,1-6H3,(H,16,19);1-2H3. The first-order valence-corrected chi connectivity index (χ1v) is 8.20. The number of Topliss-reactive ketones (excluding diaryl/α,β-unsaturated/α-hetero) is 1. The molecule has 1 amide bonds. The first-order chi connectivity index (χ1) is 10.6. The molecule has 0 aliphatic rings. The average molecular weight is 331 g/mol. The van der Waals surface area contributed by atoms with E-state index in [4.69, 9.17) is 4.74 Å². The predicted octanol–water partition coefficient (Wildman–Crippen LogP) is 3.47. The van der Waals surface area contributed by atoms with Crippen LogP contribution in [0.25, 0.3) is 0 Å².